The minimum atomic E-state index is -0.268. The summed E-state index contributed by atoms with van der Waals surface area (Å²) >= 11 is 0. The Labute approximate surface area is 361 Å². The first kappa shape index (κ1) is 59.4. The lowest BCUT2D eigenvalue weighted by Gasteiger charge is -2.26. The number of carbonyl (C=O) groups excluding carboxylic acids is 4. The first-order valence-corrected chi connectivity index (χ1v) is 22.4. The monoisotopic (exact) mass is 807 g/mol. The van der Waals surface area contributed by atoms with E-state index in [0.717, 1.165) is 44.1 Å². The molecule has 58 heavy (non-hydrogen) atoms. The summed E-state index contributed by atoms with van der Waals surface area (Å²) in [5.41, 5.74) is 2.04. The Morgan fingerprint density at radius 3 is 1.31 bits per heavy atom. The molecule has 0 aliphatic rings. The van der Waals surface area contributed by atoms with Crippen molar-refractivity contribution in [3.63, 3.8) is 0 Å². The maximum absolute atomic E-state index is 12.2. The van der Waals surface area contributed by atoms with Gasteiger partial charge in [-0.2, -0.15) is 0 Å². The van der Waals surface area contributed by atoms with Crippen LogP contribution in [-0.4, -0.2) is 23.1 Å². The third kappa shape index (κ3) is 31.1. The van der Waals surface area contributed by atoms with E-state index in [2.05, 4.69) is 125 Å². The van der Waals surface area contributed by atoms with Crippen molar-refractivity contribution in [2.75, 3.05) is 0 Å². The van der Waals surface area contributed by atoms with Crippen molar-refractivity contribution in [3.8, 4) is 0 Å². The molecule has 1 rings (SSSR count). The van der Waals surface area contributed by atoms with E-state index < -0.39 is 0 Å². The van der Waals surface area contributed by atoms with Crippen molar-refractivity contribution < 1.29 is 19.2 Å². The van der Waals surface area contributed by atoms with Gasteiger partial charge in [0.1, 0.15) is 23.1 Å². The van der Waals surface area contributed by atoms with Gasteiger partial charge in [-0.1, -0.05) is 206 Å². The fourth-order valence-electron chi connectivity index (χ4n) is 6.07. The molecular formula is C54H94O4. The van der Waals surface area contributed by atoms with Gasteiger partial charge in [0.05, 0.1) is 0 Å². The molecule has 0 aliphatic heterocycles. The Bertz CT molecular complexity index is 1390. The van der Waals surface area contributed by atoms with E-state index in [4.69, 9.17) is 0 Å². The van der Waals surface area contributed by atoms with E-state index in [-0.39, 0.29) is 38.9 Å². The molecule has 334 valence electrons. The standard InChI is InChI=1S/C17H26O.C14H26O.C12H22O.C11H20O/c1-12(2)11-14-7-9-15(10-8-14)13(3)16(18)17(4,5)6;1-7-8-9-10-14(5,6)12(15)11-13(2,3)4;1-6-7-8-9-12(4,5)11(13)10(2)3;1-5-6-7-8-10(12)9-11(2,3)4/h7-10,12-13H,11H2,1-6H3;8-9H,7,10-11H2,1-6H3;7-8,10H,6,9H2,1-5H3;6-7H,5,8-9H2,1-4H3/b;9-8-;8-7-;7-6-. The zero-order valence-corrected chi connectivity index (χ0v) is 42.0. The van der Waals surface area contributed by atoms with Crippen LogP contribution in [0.1, 0.15) is 214 Å². The van der Waals surface area contributed by atoms with Gasteiger partial charge >= 0.3 is 0 Å². The maximum Gasteiger partial charge on any atom is 0.145 e. The number of rotatable bonds is 18. The molecule has 1 aromatic carbocycles. The van der Waals surface area contributed by atoms with Crippen molar-refractivity contribution in [1.82, 2.24) is 0 Å². The van der Waals surface area contributed by atoms with Crippen molar-refractivity contribution in [1.29, 1.82) is 0 Å². The second-order valence-electron chi connectivity index (χ2n) is 21.7. The fraction of sp³-hybridized carbons (Fsp3) is 0.704. The summed E-state index contributed by atoms with van der Waals surface area (Å²) in [6.07, 6.45) is 20.4. The molecule has 0 spiro atoms. The predicted octanol–water partition coefficient (Wildman–Crippen LogP) is 15.9. The van der Waals surface area contributed by atoms with Gasteiger partial charge in [-0.3, -0.25) is 19.2 Å². The zero-order valence-electron chi connectivity index (χ0n) is 42.0. The van der Waals surface area contributed by atoms with Crippen LogP contribution in [0.2, 0.25) is 0 Å². The first-order chi connectivity index (χ1) is 26.3. The van der Waals surface area contributed by atoms with E-state index >= 15 is 0 Å². The topological polar surface area (TPSA) is 68.3 Å². The fourth-order valence-corrected chi connectivity index (χ4v) is 6.07. The van der Waals surface area contributed by atoms with Crippen LogP contribution in [0, 0.1) is 38.9 Å². The molecule has 0 fully saturated rings. The van der Waals surface area contributed by atoms with Crippen LogP contribution < -0.4 is 0 Å². The molecule has 0 radical (unpaired) electrons. The largest absolute Gasteiger partial charge is 0.299 e. The molecule has 1 aromatic rings. The van der Waals surface area contributed by atoms with Crippen LogP contribution >= 0.6 is 0 Å². The van der Waals surface area contributed by atoms with Crippen molar-refractivity contribution in [2.24, 2.45) is 38.9 Å². The lowest BCUT2D eigenvalue weighted by atomic mass is 9.77. The third-order valence-corrected chi connectivity index (χ3v) is 9.43. The molecule has 0 heterocycles. The van der Waals surface area contributed by atoms with Gasteiger partial charge in [-0.15, -0.1) is 0 Å². The lowest BCUT2D eigenvalue weighted by molar-refractivity contribution is -0.130. The second kappa shape index (κ2) is 28.6. The minimum absolute atomic E-state index is 0.0156. The SMILES string of the molecule is CC(C)Cc1ccc(C(C)C(=O)C(C)(C)C)cc1.CC/C=C\CC(=O)CC(C)(C)C.CC/C=C\CC(C)(C)C(=O)C(C)C.CC/C=C\CC(C)(C)C(=O)CC(C)(C)C. The molecule has 0 saturated carbocycles. The van der Waals surface area contributed by atoms with Gasteiger partial charge < -0.3 is 0 Å². The summed E-state index contributed by atoms with van der Waals surface area (Å²) in [7, 11) is 0. The Kier molecular flexibility index (Phi) is 29.3. The predicted molar refractivity (Wildman–Crippen MR) is 256 cm³/mol. The van der Waals surface area contributed by atoms with E-state index in [0.29, 0.717) is 48.3 Å². The minimum Gasteiger partial charge on any atom is -0.299 e. The van der Waals surface area contributed by atoms with Crippen molar-refractivity contribution in [2.45, 2.75) is 209 Å². The van der Waals surface area contributed by atoms with Gasteiger partial charge in [-0.25, -0.2) is 0 Å². The molecule has 4 nitrogen and oxygen atoms in total. The van der Waals surface area contributed by atoms with Gasteiger partial charge in [-0.05, 0) is 66.4 Å². The molecule has 1 unspecified atom stereocenters. The van der Waals surface area contributed by atoms with Crippen LogP contribution in [-0.2, 0) is 25.6 Å². The molecular weight excluding hydrogens is 713 g/mol. The Hall–Kier alpha value is -2.88. The maximum atomic E-state index is 12.2. The average Bonchev–Trinajstić information content (AvgIpc) is 3.06. The van der Waals surface area contributed by atoms with Crippen LogP contribution in [0.25, 0.3) is 0 Å². The molecule has 1 atom stereocenters. The smallest absolute Gasteiger partial charge is 0.145 e. The highest BCUT2D eigenvalue weighted by atomic mass is 16.1. The molecule has 0 aliphatic carbocycles. The summed E-state index contributed by atoms with van der Waals surface area (Å²) in [6, 6.07) is 8.52. The lowest BCUT2D eigenvalue weighted by Crippen LogP contribution is -2.27. The second-order valence-corrected chi connectivity index (χ2v) is 21.7. The molecule has 0 saturated heterocycles. The molecule has 0 aromatic heterocycles. The zero-order chi connectivity index (χ0) is 46.1. The summed E-state index contributed by atoms with van der Waals surface area (Å²) in [5, 5.41) is 0. The van der Waals surface area contributed by atoms with Gasteiger partial charge in [0, 0.05) is 47.3 Å². The summed E-state index contributed by atoms with van der Waals surface area (Å²) in [5.74, 6) is 2.17. The normalized spacial score (nSPS) is 13.2. The third-order valence-electron chi connectivity index (χ3n) is 9.43. The van der Waals surface area contributed by atoms with Crippen molar-refractivity contribution >= 4 is 23.1 Å². The number of allylic oxidation sites excluding steroid dienone is 6. The average molecular weight is 807 g/mol. The highest BCUT2D eigenvalue weighted by Crippen LogP contribution is 2.31. The van der Waals surface area contributed by atoms with Crippen LogP contribution in [0.5, 0.6) is 0 Å². The number of benzene rings is 1. The van der Waals surface area contributed by atoms with Gasteiger partial charge in [0.2, 0.25) is 0 Å². The Morgan fingerprint density at radius 2 is 0.948 bits per heavy atom. The van der Waals surface area contributed by atoms with E-state index in [1.807, 2.05) is 81.4 Å². The Balaban J connectivity index is -0.000000705. The molecule has 0 bridgehead atoms. The molecule has 0 N–H and O–H groups in total. The van der Waals surface area contributed by atoms with Crippen LogP contribution in [0.4, 0.5) is 0 Å². The molecule has 4 heteroatoms. The highest BCUT2D eigenvalue weighted by Gasteiger charge is 2.30. The first-order valence-electron chi connectivity index (χ1n) is 22.4. The number of hydrogen-bond acceptors (Lipinski definition) is 4. The molecule has 0 amide bonds. The number of hydrogen-bond donors (Lipinski definition) is 0. The van der Waals surface area contributed by atoms with E-state index in [1.165, 1.54) is 5.56 Å². The number of carbonyl (C=O) groups is 4. The summed E-state index contributed by atoms with van der Waals surface area (Å²) < 4.78 is 0. The van der Waals surface area contributed by atoms with Crippen molar-refractivity contribution in [3.05, 3.63) is 71.8 Å². The van der Waals surface area contributed by atoms with Crippen LogP contribution in [0.3, 0.4) is 0 Å². The Morgan fingerprint density at radius 1 is 0.534 bits per heavy atom. The summed E-state index contributed by atoms with van der Waals surface area (Å²) in [6.45, 7) is 43.4. The van der Waals surface area contributed by atoms with Crippen LogP contribution in [0.15, 0.2) is 60.7 Å². The number of ketones is 4. The van der Waals surface area contributed by atoms with Gasteiger partial charge in [0.25, 0.3) is 0 Å². The quantitative estimate of drug-likeness (QED) is 0.139. The highest BCUT2D eigenvalue weighted by molar-refractivity contribution is 5.89. The number of Topliss-reactive ketones (excluding diaryl/α,β-unsaturated/α-hetero) is 4. The van der Waals surface area contributed by atoms with E-state index in [9.17, 15) is 19.2 Å². The van der Waals surface area contributed by atoms with Gasteiger partial charge in [0.15, 0.2) is 0 Å². The van der Waals surface area contributed by atoms with E-state index in [1.54, 1.807) is 0 Å². The summed E-state index contributed by atoms with van der Waals surface area (Å²) in [4.78, 5) is 47.3.